The molecular weight excluding hydrogens is 318 g/mol. The van der Waals surface area contributed by atoms with Gasteiger partial charge in [-0.3, -0.25) is 9.69 Å². The second kappa shape index (κ2) is 7.36. The van der Waals surface area contributed by atoms with Gasteiger partial charge in [0.05, 0.1) is 12.3 Å². The molecule has 1 atom stereocenters. The fourth-order valence-corrected chi connectivity index (χ4v) is 2.60. The fourth-order valence-electron chi connectivity index (χ4n) is 2.60. The first-order valence-corrected chi connectivity index (χ1v) is 8.07. The lowest BCUT2D eigenvalue weighted by Gasteiger charge is -2.22. The average molecular weight is 339 g/mol. The van der Waals surface area contributed by atoms with E-state index in [-0.39, 0.29) is 11.9 Å². The van der Waals surface area contributed by atoms with Gasteiger partial charge < -0.3 is 14.2 Å². The summed E-state index contributed by atoms with van der Waals surface area (Å²) in [4.78, 5) is 18.9. The van der Waals surface area contributed by atoms with E-state index in [0.717, 1.165) is 11.3 Å². The van der Waals surface area contributed by atoms with Crippen molar-refractivity contribution in [3.63, 3.8) is 0 Å². The number of carbonyl (C=O) groups excluding carboxylic acids is 1. The third-order valence-electron chi connectivity index (χ3n) is 3.98. The van der Waals surface area contributed by atoms with E-state index in [4.69, 9.17) is 8.83 Å². The Balaban J connectivity index is 1.72. The summed E-state index contributed by atoms with van der Waals surface area (Å²) in [6, 6.07) is 13.2. The molecule has 0 spiro atoms. The molecule has 0 aliphatic rings. The SMILES string of the molecule is Cc1oc(-c2ccccc2)nc1C(=O)NC[C@H](c1ccco1)N(C)C. The number of hydrogen-bond donors (Lipinski definition) is 1. The van der Waals surface area contributed by atoms with E-state index in [1.54, 1.807) is 13.2 Å². The molecule has 6 nitrogen and oxygen atoms in total. The predicted octanol–water partition coefficient (Wildman–Crippen LogP) is 3.28. The van der Waals surface area contributed by atoms with E-state index < -0.39 is 0 Å². The molecule has 0 radical (unpaired) electrons. The molecular formula is C19H21N3O3. The summed E-state index contributed by atoms with van der Waals surface area (Å²) in [5, 5.41) is 2.91. The van der Waals surface area contributed by atoms with Crippen molar-refractivity contribution in [1.82, 2.24) is 15.2 Å². The third kappa shape index (κ3) is 3.80. The second-order valence-corrected chi connectivity index (χ2v) is 5.99. The third-order valence-corrected chi connectivity index (χ3v) is 3.98. The Hall–Kier alpha value is -2.86. The monoisotopic (exact) mass is 339 g/mol. The summed E-state index contributed by atoms with van der Waals surface area (Å²) in [5.74, 6) is 1.48. The largest absolute Gasteiger partial charge is 0.468 e. The van der Waals surface area contributed by atoms with Gasteiger partial charge in [-0.05, 0) is 45.3 Å². The number of hydrogen-bond acceptors (Lipinski definition) is 5. The number of aryl methyl sites for hydroxylation is 1. The number of nitrogens with one attached hydrogen (secondary N) is 1. The number of rotatable bonds is 6. The normalized spacial score (nSPS) is 12.3. The number of benzene rings is 1. The Labute approximate surface area is 146 Å². The van der Waals surface area contributed by atoms with Crippen LogP contribution in [0.1, 0.15) is 28.1 Å². The van der Waals surface area contributed by atoms with Gasteiger partial charge in [-0.2, -0.15) is 0 Å². The number of aromatic nitrogens is 1. The lowest BCUT2D eigenvalue weighted by Crippen LogP contribution is -2.34. The molecule has 130 valence electrons. The molecule has 0 bridgehead atoms. The summed E-state index contributed by atoms with van der Waals surface area (Å²) in [6.07, 6.45) is 1.63. The van der Waals surface area contributed by atoms with Crippen LogP contribution < -0.4 is 5.32 Å². The lowest BCUT2D eigenvalue weighted by atomic mass is 10.2. The topological polar surface area (TPSA) is 71.5 Å². The van der Waals surface area contributed by atoms with Gasteiger partial charge in [0.1, 0.15) is 11.5 Å². The van der Waals surface area contributed by atoms with Crippen molar-refractivity contribution >= 4 is 5.91 Å². The number of nitrogens with zero attached hydrogens (tertiary/aromatic N) is 2. The van der Waals surface area contributed by atoms with E-state index in [1.807, 2.05) is 61.5 Å². The van der Waals surface area contributed by atoms with Crippen molar-refractivity contribution in [2.24, 2.45) is 0 Å². The van der Waals surface area contributed by atoms with Gasteiger partial charge in [0, 0.05) is 12.1 Å². The quantitative estimate of drug-likeness (QED) is 0.746. The second-order valence-electron chi connectivity index (χ2n) is 5.99. The molecule has 0 fully saturated rings. The number of amides is 1. The molecule has 1 N–H and O–H groups in total. The van der Waals surface area contributed by atoms with Gasteiger partial charge in [-0.1, -0.05) is 18.2 Å². The molecule has 3 rings (SSSR count). The first kappa shape index (κ1) is 17.0. The van der Waals surface area contributed by atoms with Gasteiger partial charge in [-0.25, -0.2) is 4.98 Å². The van der Waals surface area contributed by atoms with Gasteiger partial charge in [-0.15, -0.1) is 0 Å². The van der Waals surface area contributed by atoms with Crippen LogP contribution in [0.25, 0.3) is 11.5 Å². The highest BCUT2D eigenvalue weighted by Gasteiger charge is 2.21. The number of likely N-dealkylation sites (N-methyl/N-ethyl adjacent to an activating group) is 1. The standard InChI is InChI=1S/C19H21N3O3/c1-13-17(21-19(25-13)14-8-5-4-6-9-14)18(23)20-12-15(22(2)3)16-10-7-11-24-16/h4-11,15H,12H2,1-3H3,(H,20,23)/t15-/m1/s1. The summed E-state index contributed by atoms with van der Waals surface area (Å²) < 4.78 is 11.1. The maximum atomic E-state index is 12.5. The Morgan fingerprint density at radius 3 is 2.60 bits per heavy atom. The van der Waals surface area contributed by atoms with Crippen LogP contribution in [0.5, 0.6) is 0 Å². The molecule has 0 aliphatic heterocycles. The number of carbonyl (C=O) groups is 1. The zero-order valence-electron chi connectivity index (χ0n) is 14.5. The molecule has 0 aliphatic carbocycles. The van der Waals surface area contributed by atoms with Crippen LogP contribution in [0.4, 0.5) is 0 Å². The minimum atomic E-state index is -0.262. The lowest BCUT2D eigenvalue weighted by molar-refractivity contribution is 0.0933. The minimum absolute atomic E-state index is 0.0558. The van der Waals surface area contributed by atoms with Crippen LogP contribution in [0.3, 0.4) is 0 Å². The van der Waals surface area contributed by atoms with Crippen LogP contribution >= 0.6 is 0 Å². The Morgan fingerprint density at radius 2 is 1.96 bits per heavy atom. The van der Waals surface area contributed by atoms with Crippen molar-refractivity contribution in [2.75, 3.05) is 20.6 Å². The molecule has 6 heteroatoms. The van der Waals surface area contributed by atoms with Crippen molar-refractivity contribution in [2.45, 2.75) is 13.0 Å². The molecule has 0 saturated carbocycles. The molecule has 3 aromatic rings. The summed E-state index contributed by atoms with van der Waals surface area (Å²) in [5.41, 5.74) is 1.14. The van der Waals surface area contributed by atoms with Gasteiger partial charge in [0.2, 0.25) is 5.89 Å². The fraction of sp³-hybridized carbons (Fsp3) is 0.263. The van der Waals surface area contributed by atoms with Gasteiger partial charge in [0.25, 0.3) is 5.91 Å². The van der Waals surface area contributed by atoms with Gasteiger partial charge in [0.15, 0.2) is 5.69 Å². The molecule has 25 heavy (non-hydrogen) atoms. The zero-order valence-corrected chi connectivity index (χ0v) is 14.5. The van der Waals surface area contributed by atoms with Crippen molar-refractivity contribution in [1.29, 1.82) is 0 Å². The highest BCUT2D eigenvalue weighted by molar-refractivity contribution is 5.93. The Bertz CT molecular complexity index is 823. The van der Waals surface area contributed by atoms with E-state index in [0.29, 0.717) is 23.9 Å². The van der Waals surface area contributed by atoms with E-state index in [2.05, 4.69) is 10.3 Å². The molecule has 1 aromatic carbocycles. The van der Waals surface area contributed by atoms with Crippen LogP contribution in [0.15, 0.2) is 57.6 Å². The van der Waals surface area contributed by atoms with E-state index in [1.165, 1.54) is 0 Å². The summed E-state index contributed by atoms with van der Waals surface area (Å²) in [7, 11) is 3.88. The van der Waals surface area contributed by atoms with E-state index in [9.17, 15) is 4.79 Å². The number of oxazole rings is 1. The maximum absolute atomic E-state index is 12.5. The van der Waals surface area contributed by atoms with Crippen LogP contribution in [-0.4, -0.2) is 36.4 Å². The number of furan rings is 1. The first-order chi connectivity index (χ1) is 12.1. The smallest absolute Gasteiger partial charge is 0.273 e. The van der Waals surface area contributed by atoms with Crippen LogP contribution in [0, 0.1) is 6.92 Å². The zero-order chi connectivity index (χ0) is 17.8. The van der Waals surface area contributed by atoms with Crippen LogP contribution in [-0.2, 0) is 0 Å². The molecule has 0 unspecified atom stereocenters. The highest BCUT2D eigenvalue weighted by atomic mass is 16.4. The molecule has 2 aromatic heterocycles. The molecule has 0 saturated heterocycles. The van der Waals surface area contributed by atoms with Crippen molar-refractivity contribution < 1.29 is 13.6 Å². The molecule has 2 heterocycles. The Kier molecular flexibility index (Phi) is 5.00. The average Bonchev–Trinajstić information content (AvgIpc) is 3.25. The first-order valence-electron chi connectivity index (χ1n) is 8.07. The van der Waals surface area contributed by atoms with Crippen molar-refractivity contribution in [3.05, 3.63) is 65.9 Å². The molecule has 1 amide bonds. The predicted molar refractivity (Wildman–Crippen MR) is 94.1 cm³/mol. The van der Waals surface area contributed by atoms with Gasteiger partial charge >= 0.3 is 0 Å². The Morgan fingerprint density at radius 1 is 1.20 bits per heavy atom. The van der Waals surface area contributed by atoms with Crippen LogP contribution in [0.2, 0.25) is 0 Å². The van der Waals surface area contributed by atoms with E-state index >= 15 is 0 Å². The summed E-state index contributed by atoms with van der Waals surface area (Å²) >= 11 is 0. The maximum Gasteiger partial charge on any atom is 0.273 e. The summed E-state index contributed by atoms with van der Waals surface area (Å²) in [6.45, 7) is 2.15. The van der Waals surface area contributed by atoms with Crippen molar-refractivity contribution in [3.8, 4) is 11.5 Å². The highest BCUT2D eigenvalue weighted by Crippen LogP contribution is 2.22. The minimum Gasteiger partial charge on any atom is -0.468 e.